The highest BCUT2D eigenvalue weighted by atomic mass is 79.9. The summed E-state index contributed by atoms with van der Waals surface area (Å²) in [4.78, 5) is 13.9. The molecule has 4 aromatic carbocycles. The third-order valence-corrected chi connectivity index (χ3v) is 10.6. The number of benzene rings is 4. The highest BCUT2D eigenvalue weighted by Crippen LogP contribution is 2.39. The Morgan fingerprint density at radius 1 is 0.675 bits per heavy atom. The van der Waals surface area contributed by atoms with Gasteiger partial charge in [0.2, 0.25) is 5.78 Å². The number of thiophene rings is 2. The van der Waals surface area contributed by atoms with Crippen molar-refractivity contribution in [3.05, 3.63) is 128 Å². The van der Waals surface area contributed by atoms with Crippen LogP contribution in [0.2, 0.25) is 0 Å². The Morgan fingerprint density at radius 3 is 1.75 bits per heavy atom. The van der Waals surface area contributed by atoms with Crippen LogP contribution in [-0.2, 0) is 0 Å². The summed E-state index contributed by atoms with van der Waals surface area (Å²) in [5.74, 6) is 1.46. The number of hydrogen-bond acceptors (Lipinski definition) is 6. The van der Waals surface area contributed by atoms with Crippen LogP contribution in [0, 0.1) is 0 Å². The Balaban J connectivity index is 0.000000161. The molecule has 202 valence electrons. The van der Waals surface area contributed by atoms with Gasteiger partial charge in [0.15, 0.2) is 6.61 Å². The maximum atomic E-state index is 12.3. The minimum atomic E-state index is -0.637. The third kappa shape index (κ3) is 6.82. The highest BCUT2D eigenvalue weighted by Gasteiger charge is 2.18. The Morgan fingerprint density at radius 2 is 1.18 bits per heavy atom. The second kappa shape index (κ2) is 13.6. The summed E-state index contributed by atoms with van der Waals surface area (Å²) in [7, 11) is 0. The van der Waals surface area contributed by atoms with Gasteiger partial charge in [-0.15, -0.1) is 22.7 Å². The first kappa shape index (κ1) is 28.5. The standard InChI is InChI=1S/C16H13BrO2S.C16H11BrO2S/c2*17-15-12-8-4-5-9-14(12)20-16(15)13(18)10-19-11-6-2-1-3-7-11/h1-9,13,18H,10H2;1-9H,10H2. The van der Waals surface area contributed by atoms with Crippen molar-refractivity contribution in [2.45, 2.75) is 6.10 Å². The molecule has 0 aliphatic rings. The molecule has 0 radical (unpaired) electrons. The molecule has 0 aliphatic heterocycles. The molecule has 2 heterocycles. The van der Waals surface area contributed by atoms with Crippen molar-refractivity contribution in [1.82, 2.24) is 0 Å². The van der Waals surface area contributed by atoms with E-state index < -0.39 is 6.10 Å². The lowest BCUT2D eigenvalue weighted by Crippen LogP contribution is -2.10. The number of aliphatic hydroxyl groups is 1. The number of ketones is 1. The van der Waals surface area contributed by atoms with Crippen LogP contribution in [0.4, 0.5) is 0 Å². The SMILES string of the molecule is O=C(COc1ccccc1)c1sc2ccccc2c1Br.OC(COc1ccccc1)c1sc2ccccc2c1Br. The van der Waals surface area contributed by atoms with Crippen LogP contribution in [0.1, 0.15) is 20.7 Å². The molecule has 40 heavy (non-hydrogen) atoms. The fraction of sp³-hybridized carbons (Fsp3) is 0.0938. The topological polar surface area (TPSA) is 55.8 Å². The highest BCUT2D eigenvalue weighted by molar-refractivity contribution is 9.11. The van der Waals surface area contributed by atoms with Gasteiger partial charge in [-0.1, -0.05) is 72.8 Å². The Bertz CT molecular complexity index is 1720. The largest absolute Gasteiger partial charge is 0.490 e. The van der Waals surface area contributed by atoms with Gasteiger partial charge in [-0.25, -0.2) is 0 Å². The van der Waals surface area contributed by atoms with Crippen LogP contribution in [0.3, 0.4) is 0 Å². The van der Waals surface area contributed by atoms with Gasteiger partial charge < -0.3 is 14.6 Å². The summed E-state index contributed by atoms with van der Waals surface area (Å²) in [5.41, 5.74) is 0. The molecule has 0 saturated heterocycles. The van der Waals surface area contributed by atoms with Gasteiger partial charge >= 0.3 is 0 Å². The number of aliphatic hydroxyl groups excluding tert-OH is 1. The first-order valence-corrected chi connectivity index (χ1v) is 15.6. The summed E-state index contributed by atoms with van der Waals surface area (Å²) < 4.78 is 15.2. The molecule has 8 heteroatoms. The maximum Gasteiger partial charge on any atom is 0.211 e. The molecule has 6 aromatic rings. The monoisotopic (exact) mass is 694 g/mol. The number of hydrogen-bond donors (Lipinski definition) is 1. The molecular weight excluding hydrogens is 672 g/mol. The summed E-state index contributed by atoms with van der Waals surface area (Å²) >= 11 is 10.2. The van der Waals surface area contributed by atoms with Gasteiger partial charge in [0.05, 0.1) is 9.75 Å². The minimum Gasteiger partial charge on any atom is -0.490 e. The number of Topliss-reactive ketones (excluding diaryl/α,β-unsaturated/α-hetero) is 1. The number of carbonyl (C=O) groups excluding carboxylic acids is 1. The molecule has 4 nitrogen and oxygen atoms in total. The molecule has 0 bridgehead atoms. The van der Waals surface area contributed by atoms with Crippen molar-refractivity contribution >= 4 is 80.5 Å². The quantitative estimate of drug-likeness (QED) is 0.161. The van der Waals surface area contributed by atoms with Crippen molar-refractivity contribution in [2.24, 2.45) is 0 Å². The van der Waals surface area contributed by atoms with Crippen LogP contribution < -0.4 is 9.47 Å². The number of fused-ring (bicyclic) bond motifs is 2. The van der Waals surface area contributed by atoms with Gasteiger partial charge in [0, 0.05) is 29.1 Å². The van der Waals surface area contributed by atoms with Gasteiger partial charge in [-0.3, -0.25) is 4.79 Å². The van der Waals surface area contributed by atoms with Crippen LogP contribution in [0.5, 0.6) is 11.5 Å². The van der Waals surface area contributed by atoms with Gasteiger partial charge in [-0.05, 0) is 68.3 Å². The van der Waals surface area contributed by atoms with Crippen LogP contribution >= 0.6 is 54.5 Å². The van der Waals surface area contributed by atoms with Gasteiger partial charge in [-0.2, -0.15) is 0 Å². The molecule has 0 aliphatic carbocycles. The zero-order valence-electron chi connectivity index (χ0n) is 21.1. The average molecular weight is 696 g/mol. The summed E-state index contributed by atoms with van der Waals surface area (Å²) in [5, 5.41) is 12.5. The van der Waals surface area contributed by atoms with Crippen molar-refractivity contribution in [3.8, 4) is 11.5 Å². The van der Waals surface area contributed by atoms with E-state index in [1.54, 1.807) is 11.3 Å². The smallest absolute Gasteiger partial charge is 0.211 e. The van der Waals surface area contributed by atoms with Crippen molar-refractivity contribution in [2.75, 3.05) is 13.2 Å². The molecular formula is C32H24Br2O4S2. The van der Waals surface area contributed by atoms with Gasteiger partial charge in [0.25, 0.3) is 0 Å². The second-order valence-corrected chi connectivity index (χ2v) is 12.4. The summed E-state index contributed by atoms with van der Waals surface area (Å²) in [6, 6.07) is 34.9. The summed E-state index contributed by atoms with van der Waals surface area (Å²) in [6.07, 6.45) is -0.637. The van der Waals surface area contributed by atoms with Gasteiger partial charge in [0.1, 0.15) is 24.2 Å². The molecule has 1 N–H and O–H groups in total. The van der Waals surface area contributed by atoms with E-state index in [1.165, 1.54) is 11.3 Å². The van der Waals surface area contributed by atoms with E-state index in [1.807, 2.05) is 103 Å². The molecule has 2 aromatic heterocycles. The van der Waals surface area contributed by atoms with E-state index >= 15 is 0 Å². The van der Waals surface area contributed by atoms with Crippen molar-refractivity contribution in [1.29, 1.82) is 0 Å². The number of carbonyl (C=O) groups is 1. The van der Waals surface area contributed by atoms with Crippen LogP contribution in [0.25, 0.3) is 20.2 Å². The summed E-state index contributed by atoms with van der Waals surface area (Å²) in [6.45, 7) is 0.296. The molecule has 0 fully saturated rings. The number of ether oxygens (including phenoxy) is 2. The first-order valence-electron chi connectivity index (χ1n) is 12.4. The number of para-hydroxylation sites is 2. The average Bonchev–Trinajstić information content (AvgIpc) is 3.53. The van der Waals surface area contributed by atoms with E-state index in [9.17, 15) is 9.90 Å². The molecule has 1 atom stereocenters. The Kier molecular flexibility index (Phi) is 9.67. The molecule has 0 amide bonds. The van der Waals surface area contributed by atoms with E-state index in [0.717, 1.165) is 39.7 Å². The molecule has 0 spiro atoms. The van der Waals surface area contributed by atoms with E-state index in [4.69, 9.17) is 9.47 Å². The number of rotatable bonds is 8. The zero-order chi connectivity index (χ0) is 27.9. The van der Waals surface area contributed by atoms with Crippen LogP contribution in [-0.4, -0.2) is 24.1 Å². The minimum absolute atomic E-state index is 0.0121. The Labute approximate surface area is 257 Å². The van der Waals surface area contributed by atoms with E-state index in [0.29, 0.717) is 10.6 Å². The lowest BCUT2D eigenvalue weighted by molar-refractivity contribution is 0.0925. The fourth-order valence-electron chi connectivity index (χ4n) is 3.94. The van der Waals surface area contributed by atoms with E-state index in [-0.39, 0.29) is 19.0 Å². The second-order valence-electron chi connectivity index (χ2n) is 8.68. The maximum absolute atomic E-state index is 12.3. The Hall–Kier alpha value is -3.01. The predicted molar refractivity (Wildman–Crippen MR) is 172 cm³/mol. The van der Waals surface area contributed by atoms with Crippen molar-refractivity contribution < 1.29 is 19.4 Å². The predicted octanol–water partition coefficient (Wildman–Crippen LogP) is 9.70. The van der Waals surface area contributed by atoms with Crippen LogP contribution in [0.15, 0.2) is 118 Å². The zero-order valence-corrected chi connectivity index (χ0v) is 25.9. The molecule has 1 unspecified atom stereocenters. The fourth-order valence-corrected chi connectivity index (χ4v) is 7.95. The lowest BCUT2D eigenvalue weighted by atomic mass is 10.2. The normalized spacial score (nSPS) is 11.6. The lowest BCUT2D eigenvalue weighted by Gasteiger charge is -2.11. The molecule has 6 rings (SSSR count). The first-order chi connectivity index (χ1) is 19.5. The van der Waals surface area contributed by atoms with E-state index in [2.05, 4.69) is 37.9 Å². The number of halogens is 2. The molecule has 0 saturated carbocycles. The van der Waals surface area contributed by atoms with Crippen molar-refractivity contribution in [3.63, 3.8) is 0 Å². The third-order valence-electron chi connectivity index (χ3n) is 5.91.